The molecule has 1 rings (SSSR count). The topological polar surface area (TPSA) is 0 Å². The second-order valence-electron chi connectivity index (χ2n) is 1.15. The van der Waals surface area contributed by atoms with Crippen LogP contribution >= 0.6 is 0 Å². The van der Waals surface area contributed by atoms with Crippen molar-refractivity contribution in [3.05, 3.63) is 36.4 Å². The molecule has 0 N–H and O–H groups in total. The standard InChI is InChI=1S/C6H6.Tl/c1-2-4-6-5-3-1;/h1-6H;. The average molecular weight is 282 g/mol. The van der Waals surface area contributed by atoms with E-state index in [2.05, 4.69) is 0 Å². The van der Waals surface area contributed by atoms with Crippen LogP contribution in [0.3, 0.4) is 0 Å². The van der Waals surface area contributed by atoms with Gasteiger partial charge in [-0.05, 0) is 0 Å². The molecular weight excluding hydrogens is 276 g/mol. The Morgan fingerprint density at radius 2 is 0.571 bits per heavy atom. The average Bonchev–Trinajstić information content (AvgIpc) is 1.72. The zero-order valence-corrected chi connectivity index (χ0v) is 8.53. The fourth-order valence-electron chi connectivity index (χ4n) is 0.385. The van der Waals surface area contributed by atoms with Gasteiger partial charge in [0, 0.05) is 27.3 Å². The molecule has 1 aromatic rings. The molecule has 0 spiro atoms. The molecule has 0 saturated heterocycles. The first-order valence-corrected chi connectivity index (χ1v) is 2.00. The van der Waals surface area contributed by atoms with Crippen molar-refractivity contribution in [2.24, 2.45) is 0 Å². The molecular formula is C6H6Tl. The summed E-state index contributed by atoms with van der Waals surface area (Å²) >= 11 is 0. The molecule has 1 aromatic carbocycles. The van der Waals surface area contributed by atoms with E-state index in [0.717, 1.165) is 0 Å². The van der Waals surface area contributed by atoms with Gasteiger partial charge in [-0.15, -0.1) is 0 Å². The Hall–Kier alpha value is 0.142. The van der Waals surface area contributed by atoms with E-state index in [-0.39, 0.29) is 27.3 Å². The molecule has 33 valence electrons. The van der Waals surface area contributed by atoms with Gasteiger partial charge in [-0.3, -0.25) is 0 Å². The molecule has 0 atom stereocenters. The van der Waals surface area contributed by atoms with Crippen LogP contribution in [-0.2, 0) is 0 Å². The number of hydrogen-bond donors (Lipinski definition) is 0. The SMILES string of the molecule is [Tl].c1ccccc1. The first-order valence-electron chi connectivity index (χ1n) is 2.00. The summed E-state index contributed by atoms with van der Waals surface area (Å²) in [7, 11) is 0. The summed E-state index contributed by atoms with van der Waals surface area (Å²) in [4.78, 5) is 0. The van der Waals surface area contributed by atoms with E-state index in [0.29, 0.717) is 0 Å². The Bertz CT molecular complexity index is 76.1. The van der Waals surface area contributed by atoms with Crippen molar-refractivity contribution in [3.63, 3.8) is 0 Å². The monoisotopic (exact) mass is 283 g/mol. The van der Waals surface area contributed by atoms with Gasteiger partial charge in [0.2, 0.25) is 0 Å². The summed E-state index contributed by atoms with van der Waals surface area (Å²) in [5.74, 6) is 0. The van der Waals surface area contributed by atoms with Crippen molar-refractivity contribution < 1.29 is 0 Å². The zero-order chi connectivity index (χ0) is 4.24. The van der Waals surface area contributed by atoms with E-state index in [4.69, 9.17) is 0 Å². The Labute approximate surface area is 63.7 Å². The smallest absolute Gasteiger partial charge is 0 e. The maximum atomic E-state index is 2.00. The van der Waals surface area contributed by atoms with Crippen LogP contribution in [0.2, 0.25) is 0 Å². The summed E-state index contributed by atoms with van der Waals surface area (Å²) in [6.07, 6.45) is 0. The van der Waals surface area contributed by atoms with E-state index >= 15 is 0 Å². The van der Waals surface area contributed by atoms with Crippen LogP contribution in [0, 0.1) is 0 Å². The largest absolute Gasteiger partial charge is 0.0623 e. The van der Waals surface area contributed by atoms with Crippen LogP contribution < -0.4 is 0 Å². The van der Waals surface area contributed by atoms with E-state index < -0.39 is 0 Å². The van der Waals surface area contributed by atoms with Gasteiger partial charge in [0.15, 0.2) is 0 Å². The second kappa shape index (κ2) is 4.30. The van der Waals surface area contributed by atoms with Gasteiger partial charge in [0.05, 0.1) is 0 Å². The molecule has 0 aliphatic carbocycles. The minimum atomic E-state index is 0. The van der Waals surface area contributed by atoms with Gasteiger partial charge in [-0.25, -0.2) is 0 Å². The van der Waals surface area contributed by atoms with Crippen molar-refractivity contribution in [1.29, 1.82) is 0 Å². The first-order chi connectivity index (χ1) is 3.00. The molecule has 0 aromatic heterocycles. The van der Waals surface area contributed by atoms with Crippen molar-refractivity contribution in [2.45, 2.75) is 0 Å². The summed E-state index contributed by atoms with van der Waals surface area (Å²) in [5.41, 5.74) is 0. The summed E-state index contributed by atoms with van der Waals surface area (Å²) < 4.78 is 0. The molecule has 1 radical (unpaired) electrons. The fourth-order valence-corrected chi connectivity index (χ4v) is 0.385. The van der Waals surface area contributed by atoms with Crippen molar-refractivity contribution >= 4 is 27.3 Å². The van der Waals surface area contributed by atoms with E-state index in [1.807, 2.05) is 36.4 Å². The van der Waals surface area contributed by atoms with Gasteiger partial charge in [-0.1, -0.05) is 36.4 Å². The van der Waals surface area contributed by atoms with Gasteiger partial charge < -0.3 is 0 Å². The predicted molar refractivity (Wildman–Crippen MR) is 32.2 cm³/mol. The van der Waals surface area contributed by atoms with E-state index in [1.54, 1.807) is 0 Å². The molecule has 0 heterocycles. The van der Waals surface area contributed by atoms with Crippen LogP contribution in [0.15, 0.2) is 36.4 Å². The summed E-state index contributed by atoms with van der Waals surface area (Å²) in [6, 6.07) is 12.0. The van der Waals surface area contributed by atoms with Gasteiger partial charge in [0.25, 0.3) is 0 Å². The predicted octanol–water partition coefficient (Wildman–Crippen LogP) is 1.31. The maximum absolute atomic E-state index is 2.00. The number of hydrogen-bond acceptors (Lipinski definition) is 0. The van der Waals surface area contributed by atoms with Crippen LogP contribution in [0.1, 0.15) is 0 Å². The molecule has 0 aliphatic rings. The number of rotatable bonds is 0. The van der Waals surface area contributed by atoms with Crippen molar-refractivity contribution in [1.82, 2.24) is 0 Å². The normalized spacial score (nSPS) is 6.86. The molecule has 0 amide bonds. The number of benzene rings is 1. The van der Waals surface area contributed by atoms with Crippen molar-refractivity contribution in [3.8, 4) is 0 Å². The third kappa shape index (κ3) is 2.79. The molecule has 0 fully saturated rings. The molecule has 7 heavy (non-hydrogen) atoms. The van der Waals surface area contributed by atoms with Crippen molar-refractivity contribution in [2.75, 3.05) is 0 Å². The Balaban J connectivity index is 0.000000360. The molecule has 0 bridgehead atoms. The second-order valence-corrected chi connectivity index (χ2v) is 1.15. The fraction of sp³-hybridized carbons (Fsp3) is 0. The Morgan fingerprint density at radius 3 is 0.714 bits per heavy atom. The molecule has 0 unspecified atom stereocenters. The Kier molecular flexibility index (Phi) is 4.39. The molecule has 0 nitrogen and oxygen atoms in total. The van der Waals surface area contributed by atoms with E-state index in [9.17, 15) is 0 Å². The first kappa shape index (κ1) is 7.14. The minimum Gasteiger partial charge on any atom is -0.0623 e. The summed E-state index contributed by atoms with van der Waals surface area (Å²) in [5, 5.41) is 0. The molecule has 0 aliphatic heterocycles. The molecule has 1 heteroatoms. The van der Waals surface area contributed by atoms with Crippen LogP contribution in [0.5, 0.6) is 0 Å². The van der Waals surface area contributed by atoms with Gasteiger partial charge in [0.1, 0.15) is 0 Å². The Morgan fingerprint density at radius 1 is 0.429 bits per heavy atom. The van der Waals surface area contributed by atoms with Gasteiger partial charge >= 0.3 is 0 Å². The quantitative estimate of drug-likeness (QED) is 0.629. The third-order valence-corrected chi connectivity index (χ3v) is 0.667. The van der Waals surface area contributed by atoms with Gasteiger partial charge in [-0.2, -0.15) is 0 Å². The third-order valence-electron chi connectivity index (χ3n) is 0.667. The van der Waals surface area contributed by atoms with Crippen LogP contribution in [0.4, 0.5) is 0 Å². The minimum absolute atomic E-state index is 0. The molecule has 0 saturated carbocycles. The van der Waals surface area contributed by atoms with Crippen LogP contribution in [0.25, 0.3) is 0 Å². The summed E-state index contributed by atoms with van der Waals surface area (Å²) in [6.45, 7) is 0. The maximum Gasteiger partial charge on any atom is 0 e. The van der Waals surface area contributed by atoms with Crippen LogP contribution in [-0.4, -0.2) is 27.3 Å². The zero-order valence-electron chi connectivity index (χ0n) is 4.04. The van der Waals surface area contributed by atoms with E-state index in [1.165, 1.54) is 0 Å².